The summed E-state index contributed by atoms with van der Waals surface area (Å²) in [5, 5.41) is 2.81. The van der Waals surface area contributed by atoms with Gasteiger partial charge in [0.2, 0.25) is 18.0 Å². The van der Waals surface area contributed by atoms with E-state index in [1.54, 1.807) is 13.1 Å². The van der Waals surface area contributed by atoms with E-state index in [9.17, 15) is 14.4 Å². The van der Waals surface area contributed by atoms with E-state index in [1.165, 1.54) is 4.90 Å². The molecule has 3 amide bonds. The Morgan fingerprint density at radius 3 is 2.38 bits per heavy atom. The number of hydrogen-bond donors (Lipinski definition) is 2. The van der Waals surface area contributed by atoms with Crippen LogP contribution in [-0.4, -0.2) is 36.6 Å². The molecule has 34 heavy (non-hydrogen) atoms. The molecule has 3 atom stereocenters. The molecule has 1 aliphatic rings. The molecular weight excluding hydrogens is 428 g/mol. The van der Waals surface area contributed by atoms with Crippen LogP contribution in [0.1, 0.15) is 37.8 Å². The first-order chi connectivity index (χ1) is 16.2. The van der Waals surface area contributed by atoms with Crippen molar-refractivity contribution in [1.29, 1.82) is 0 Å². The van der Waals surface area contributed by atoms with E-state index >= 15 is 0 Å². The molecule has 0 aromatic heterocycles. The minimum Gasteiger partial charge on any atom is -0.369 e. The first-order valence-electron chi connectivity index (χ1n) is 11.4. The maximum Gasteiger partial charge on any atom is 0.272 e. The Bertz CT molecular complexity index is 1090. The van der Waals surface area contributed by atoms with Gasteiger partial charge in [-0.15, -0.1) is 6.58 Å². The normalized spacial score (nSPS) is 17.3. The van der Waals surface area contributed by atoms with Gasteiger partial charge in [-0.3, -0.25) is 14.4 Å². The lowest BCUT2D eigenvalue weighted by molar-refractivity contribution is -0.135. The van der Waals surface area contributed by atoms with Crippen LogP contribution in [0, 0.1) is 17.8 Å². The third kappa shape index (κ3) is 5.42. The predicted molar refractivity (Wildman–Crippen MR) is 134 cm³/mol. The van der Waals surface area contributed by atoms with E-state index in [2.05, 4.69) is 11.9 Å². The molecule has 1 aliphatic heterocycles. The Morgan fingerprint density at radius 2 is 1.76 bits per heavy atom. The molecule has 0 saturated heterocycles. The van der Waals surface area contributed by atoms with Gasteiger partial charge in [0.1, 0.15) is 0 Å². The molecule has 1 heterocycles. The quantitative estimate of drug-likeness (QED) is 0.561. The molecule has 2 unspecified atom stereocenters. The number of carbonyl (C=O) groups excluding carboxylic acids is 3. The van der Waals surface area contributed by atoms with Crippen molar-refractivity contribution in [3.63, 3.8) is 0 Å². The Hall–Kier alpha value is -3.74. The first-order valence-corrected chi connectivity index (χ1v) is 11.4. The van der Waals surface area contributed by atoms with Gasteiger partial charge in [-0.25, -0.2) is 4.99 Å². The minimum atomic E-state index is -1.15. The van der Waals surface area contributed by atoms with Gasteiger partial charge in [-0.1, -0.05) is 68.5 Å². The number of benzene rings is 2. The number of allylic oxidation sites excluding steroid dienone is 1. The Kier molecular flexibility index (Phi) is 7.99. The summed E-state index contributed by atoms with van der Waals surface area (Å²) in [5.41, 5.74) is 8.56. The lowest BCUT2D eigenvalue weighted by Gasteiger charge is -2.27. The molecule has 2 aromatic carbocycles. The molecule has 7 nitrogen and oxygen atoms in total. The summed E-state index contributed by atoms with van der Waals surface area (Å²) < 4.78 is 0. The minimum absolute atomic E-state index is 0.141. The topological polar surface area (TPSA) is 105 Å². The fourth-order valence-electron chi connectivity index (χ4n) is 4.30. The summed E-state index contributed by atoms with van der Waals surface area (Å²) in [7, 11) is 1.67. The average molecular weight is 461 g/mol. The number of anilines is 1. The number of hydrogen-bond acceptors (Lipinski definition) is 4. The molecule has 178 valence electrons. The van der Waals surface area contributed by atoms with Gasteiger partial charge in [0, 0.05) is 18.2 Å². The number of amides is 3. The van der Waals surface area contributed by atoms with Crippen LogP contribution in [0.25, 0.3) is 0 Å². The zero-order chi connectivity index (χ0) is 24.8. The van der Waals surface area contributed by atoms with Crippen LogP contribution >= 0.6 is 0 Å². The number of rotatable bonds is 9. The fraction of sp³-hybridized carbons (Fsp3) is 0.333. The maximum absolute atomic E-state index is 13.5. The van der Waals surface area contributed by atoms with Crippen LogP contribution in [-0.2, 0) is 14.4 Å². The molecule has 0 radical (unpaired) electrons. The first kappa shape index (κ1) is 24.9. The molecular formula is C27H32N4O3. The van der Waals surface area contributed by atoms with Crippen molar-refractivity contribution >= 4 is 29.1 Å². The average Bonchev–Trinajstić information content (AvgIpc) is 2.92. The van der Waals surface area contributed by atoms with E-state index in [4.69, 9.17) is 10.7 Å². The second-order valence-corrected chi connectivity index (χ2v) is 8.94. The lowest BCUT2D eigenvalue weighted by Crippen LogP contribution is -2.50. The van der Waals surface area contributed by atoms with Gasteiger partial charge in [-0.05, 0) is 24.8 Å². The van der Waals surface area contributed by atoms with Crippen LogP contribution < -0.4 is 16.0 Å². The zero-order valence-corrected chi connectivity index (χ0v) is 19.9. The number of nitrogens with zero attached hydrogens (tertiary/aromatic N) is 2. The number of carbonyl (C=O) groups is 3. The second kappa shape index (κ2) is 10.9. The molecule has 7 heteroatoms. The van der Waals surface area contributed by atoms with Gasteiger partial charge in [0.25, 0.3) is 5.91 Å². The smallest absolute Gasteiger partial charge is 0.272 e. The maximum atomic E-state index is 13.5. The number of nitrogens with one attached hydrogen (secondary N) is 1. The highest BCUT2D eigenvalue weighted by Gasteiger charge is 2.36. The lowest BCUT2D eigenvalue weighted by atomic mass is 9.82. The number of para-hydroxylation sites is 1. The van der Waals surface area contributed by atoms with Crippen LogP contribution in [0.2, 0.25) is 0 Å². The largest absolute Gasteiger partial charge is 0.369 e. The van der Waals surface area contributed by atoms with Crippen molar-refractivity contribution in [2.75, 3.05) is 11.9 Å². The fourth-order valence-corrected chi connectivity index (χ4v) is 4.30. The van der Waals surface area contributed by atoms with Gasteiger partial charge in [0.15, 0.2) is 0 Å². The van der Waals surface area contributed by atoms with Crippen LogP contribution in [0.5, 0.6) is 0 Å². The van der Waals surface area contributed by atoms with E-state index < -0.39 is 29.8 Å². The van der Waals surface area contributed by atoms with Crippen LogP contribution in [0.4, 0.5) is 5.69 Å². The Balaban J connectivity index is 2.03. The molecule has 0 saturated carbocycles. The molecule has 0 spiro atoms. The van der Waals surface area contributed by atoms with E-state index in [0.29, 0.717) is 17.8 Å². The molecule has 0 fully saturated rings. The van der Waals surface area contributed by atoms with Crippen LogP contribution in [0.15, 0.2) is 72.2 Å². The predicted octanol–water partition coefficient (Wildman–Crippen LogP) is 3.28. The zero-order valence-electron chi connectivity index (χ0n) is 19.9. The molecule has 3 N–H and O–H groups in total. The van der Waals surface area contributed by atoms with Gasteiger partial charge in [-0.2, -0.15) is 0 Å². The number of likely N-dealkylation sites (N-methyl/N-ethyl adjacent to an activating group) is 1. The molecule has 0 aliphatic carbocycles. The summed E-state index contributed by atoms with van der Waals surface area (Å²) in [4.78, 5) is 45.2. The summed E-state index contributed by atoms with van der Waals surface area (Å²) in [6, 6.07) is 17.0. The monoisotopic (exact) mass is 460 g/mol. The number of fused-ring (bicyclic) bond motifs is 1. The van der Waals surface area contributed by atoms with E-state index in [1.807, 2.05) is 68.4 Å². The summed E-state index contributed by atoms with van der Waals surface area (Å²) in [6.45, 7) is 7.64. The second-order valence-electron chi connectivity index (χ2n) is 8.94. The van der Waals surface area contributed by atoms with Crippen molar-refractivity contribution in [2.45, 2.75) is 32.9 Å². The van der Waals surface area contributed by atoms with Crippen LogP contribution in [0.3, 0.4) is 0 Å². The third-order valence-electron chi connectivity index (χ3n) is 6.00. The van der Waals surface area contributed by atoms with Crippen molar-refractivity contribution in [3.05, 3.63) is 78.4 Å². The summed E-state index contributed by atoms with van der Waals surface area (Å²) >= 11 is 0. The van der Waals surface area contributed by atoms with E-state index in [0.717, 1.165) is 11.1 Å². The van der Waals surface area contributed by atoms with Gasteiger partial charge >= 0.3 is 0 Å². The van der Waals surface area contributed by atoms with Gasteiger partial charge < -0.3 is 16.0 Å². The van der Waals surface area contributed by atoms with Crippen molar-refractivity contribution in [1.82, 2.24) is 5.32 Å². The number of primary amides is 1. The molecule has 0 bridgehead atoms. The SMILES string of the molecule is C=CCC(C(N)=O)C(CC(C)C)C(=O)N[C@@H]1N=C(c2ccccc2)c2ccccc2N(C)C1=O. The van der Waals surface area contributed by atoms with Crippen molar-refractivity contribution in [3.8, 4) is 0 Å². The van der Waals surface area contributed by atoms with E-state index in [-0.39, 0.29) is 18.2 Å². The molecule has 3 rings (SSSR count). The highest BCUT2D eigenvalue weighted by atomic mass is 16.2. The number of aliphatic imine (C=N–C) groups is 1. The number of benzodiazepines with no additional fused rings is 1. The van der Waals surface area contributed by atoms with Gasteiger partial charge in [0.05, 0.1) is 23.2 Å². The van der Waals surface area contributed by atoms with Crippen molar-refractivity contribution < 1.29 is 14.4 Å². The highest BCUT2D eigenvalue weighted by molar-refractivity contribution is 6.20. The Labute approximate surface area is 200 Å². The Morgan fingerprint density at radius 1 is 1.12 bits per heavy atom. The summed E-state index contributed by atoms with van der Waals surface area (Å²) in [6.07, 6.45) is 1.16. The summed E-state index contributed by atoms with van der Waals surface area (Å²) in [5.74, 6) is -2.63. The molecule has 2 aromatic rings. The highest BCUT2D eigenvalue weighted by Crippen LogP contribution is 2.28. The standard InChI is InChI=1S/C27H32N4O3/c1-5-11-19(24(28)32)21(16-17(2)3)26(33)30-25-27(34)31(4)22-15-10-9-14-20(22)23(29-25)18-12-7-6-8-13-18/h5-10,12-15,17,19,21,25H,1,11,16H2,2-4H3,(H2,28,32)(H,30,33)/t19?,21?,25-/m0/s1. The van der Waals surface area contributed by atoms with Crippen molar-refractivity contribution in [2.24, 2.45) is 28.5 Å². The number of nitrogens with two attached hydrogens (primary N) is 1. The third-order valence-corrected chi connectivity index (χ3v) is 6.00.